The van der Waals surface area contributed by atoms with Gasteiger partial charge in [0.05, 0.1) is 4.90 Å². The molecule has 0 unspecified atom stereocenters. The third-order valence-corrected chi connectivity index (χ3v) is 6.12. The van der Waals surface area contributed by atoms with Gasteiger partial charge < -0.3 is 0 Å². The van der Waals surface area contributed by atoms with E-state index in [-0.39, 0.29) is 10.8 Å². The van der Waals surface area contributed by atoms with E-state index in [2.05, 4.69) is 24.4 Å². The van der Waals surface area contributed by atoms with E-state index in [1.807, 2.05) is 0 Å². The Morgan fingerprint density at radius 2 is 1.64 bits per heavy atom. The number of carbonyl (C=O) groups is 1. The van der Waals surface area contributed by atoms with Crippen LogP contribution < -0.4 is 5.43 Å². The van der Waals surface area contributed by atoms with Gasteiger partial charge in [-0.1, -0.05) is 26.7 Å². The van der Waals surface area contributed by atoms with Crippen molar-refractivity contribution in [2.75, 3.05) is 13.1 Å². The first-order valence-corrected chi connectivity index (χ1v) is 10.4. The molecule has 1 aliphatic heterocycles. The van der Waals surface area contributed by atoms with Crippen LogP contribution in [0, 0.1) is 0 Å². The molecule has 6 nitrogen and oxygen atoms in total. The molecule has 0 aliphatic carbocycles. The van der Waals surface area contributed by atoms with Crippen LogP contribution in [0.15, 0.2) is 34.3 Å². The van der Waals surface area contributed by atoms with E-state index in [1.54, 1.807) is 0 Å². The lowest BCUT2D eigenvalue weighted by molar-refractivity contribution is 0.0954. The molecule has 1 heterocycles. The minimum atomic E-state index is -3.45. The molecule has 2 rings (SSSR count). The molecule has 138 valence electrons. The highest BCUT2D eigenvalue weighted by Crippen LogP contribution is 2.21. The van der Waals surface area contributed by atoms with Gasteiger partial charge in [-0.2, -0.15) is 9.41 Å². The summed E-state index contributed by atoms with van der Waals surface area (Å²) in [6, 6.07) is 6.05. The molecule has 1 N–H and O–H groups in total. The second-order valence-electron chi connectivity index (χ2n) is 6.25. The number of hydrogen-bond acceptors (Lipinski definition) is 4. The summed E-state index contributed by atoms with van der Waals surface area (Å²) in [4.78, 5) is 12.4. The molecule has 1 aromatic carbocycles. The normalized spacial score (nSPS) is 15.1. The van der Waals surface area contributed by atoms with Crippen LogP contribution in [0.4, 0.5) is 0 Å². The third-order valence-electron chi connectivity index (χ3n) is 4.21. The van der Waals surface area contributed by atoms with Gasteiger partial charge >= 0.3 is 0 Å². The molecule has 1 fully saturated rings. The van der Waals surface area contributed by atoms with Gasteiger partial charge in [-0.15, -0.1) is 0 Å². The molecule has 7 heteroatoms. The summed E-state index contributed by atoms with van der Waals surface area (Å²) in [6.45, 7) is 5.28. The van der Waals surface area contributed by atoms with E-state index in [0.29, 0.717) is 18.7 Å². The minimum Gasteiger partial charge on any atom is -0.267 e. The van der Waals surface area contributed by atoms with Crippen molar-refractivity contribution in [2.45, 2.75) is 57.3 Å². The van der Waals surface area contributed by atoms with Crippen molar-refractivity contribution in [3.63, 3.8) is 0 Å². The maximum atomic E-state index is 12.5. The molecule has 0 atom stereocenters. The number of hydrazone groups is 1. The van der Waals surface area contributed by atoms with Crippen LogP contribution in [0.3, 0.4) is 0 Å². The van der Waals surface area contributed by atoms with E-state index >= 15 is 0 Å². The number of carbonyl (C=O) groups excluding carboxylic acids is 1. The minimum absolute atomic E-state index is 0.229. The Bertz CT molecular complexity index is 698. The maximum Gasteiger partial charge on any atom is 0.271 e. The maximum absolute atomic E-state index is 12.5. The molecule has 0 saturated carbocycles. The summed E-state index contributed by atoms with van der Waals surface area (Å²) in [6.07, 6.45) is 5.49. The molecule has 1 amide bonds. The fourth-order valence-corrected chi connectivity index (χ4v) is 4.38. The van der Waals surface area contributed by atoms with E-state index in [9.17, 15) is 13.2 Å². The zero-order chi connectivity index (χ0) is 18.3. The number of nitrogens with zero attached hydrogens (tertiary/aromatic N) is 2. The zero-order valence-corrected chi connectivity index (χ0v) is 15.8. The Morgan fingerprint density at radius 1 is 1.08 bits per heavy atom. The van der Waals surface area contributed by atoms with Gasteiger partial charge in [0.2, 0.25) is 10.0 Å². The first-order valence-electron chi connectivity index (χ1n) is 8.95. The smallest absolute Gasteiger partial charge is 0.267 e. The molecule has 1 aromatic rings. The van der Waals surface area contributed by atoms with Gasteiger partial charge in [0.1, 0.15) is 0 Å². The van der Waals surface area contributed by atoms with E-state index in [1.165, 1.54) is 28.6 Å². The van der Waals surface area contributed by atoms with Crippen LogP contribution in [0.2, 0.25) is 0 Å². The average Bonchev–Trinajstić information content (AvgIpc) is 3.15. The molecule has 0 radical (unpaired) electrons. The number of sulfonamides is 1. The molecule has 0 bridgehead atoms. The molecular weight excluding hydrogens is 338 g/mol. The molecule has 0 spiro atoms. The quantitative estimate of drug-likeness (QED) is 0.568. The van der Waals surface area contributed by atoms with Gasteiger partial charge in [-0.3, -0.25) is 4.79 Å². The lowest BCUT2D eigenvalue weighted by atomic mass is 10.1. The summed E-state index contributed by atoms with van der Waals surface area (Å²) < 4.78 is 26.5. The van der Waals surface area contributed by atoms with Crippen LogP contribution in [-0.4, -0.2) is 37.4 Å². The molecule has 25 heavy (non-hydrogen) atoms. The van der Waals surface area contributed by atoms with E-state index in [4.69, 9.17) is 0 Å². The predicted molar refractivity (Wildman–Crippen MR) is 99.2 cm³/mol. The Balaban J connectivity index is 2.06. The summed E-state index contributed by atoms with van der Waals surface area (Å²) >= 11 is 0. The molecule has 1 saturated heterocycles. The molecular formula is C18H27N3O3S. The highest BCUT2D eigenvalue weighted by atomic mass is 32.2. The number of nitrogens with one attached hydrogen (secondary N) is 1. The van der Waals surface area contributed by atoms with Crippen molar-refractivity contribution in [1.29, 1.82) is 0 Å². The number of benzene rings is 1. The molecule has 0 aromatic heterocycles. The average molecular weight is 365 g/mol. The van der Waals surface area contributed by atoms with Crippen LogP contribution >= 0.6 is 0 Å². The highest BCUT2D eigenvalue weighted by Gasteiger charge is 2.27. The van der Waals surface area contributed by atoms with Crippen molar-refractivity contribution in [2.24, 2.45) is 5.10 Å². The zero-order valence-electron chi connectivity index (χ0n) is 15.0. The van der Waals surface area contributed by atoms with Crippen LogP contribution in [0.1, 0.15) is 62.7 Å². The monoisotopic (exact) mass is 365 g/mol. The lowest BCUT2D eigenvalue weighted by Crippen LogP contribution is -2.28. The summed E-state index contributed by atoms with van der Waals surface area (Å²) in [5.41, 5.74) is 3.95. The largest absolute Gasteiger partial charge is 0.271 e. The van der Waals surface area contributed by atoms with E-state index in [0.717, 1.165) is 44.2 Å². The predicted octanol–water partition coefficient (Wildman–Crippen LogP) is 3.16. The standard InChI is InChI=1S/C18H27N3O3S/c1-3-7-16(8-4-2)19-20-18(22)15-9-11-17(12-10-15)25(23,24)21-13-5-6-14-21/h9-12H,3-8,13-14H2,1-2H3,(H,20,22). The first-order chi connectivity index (χ1) is 12.0. The Kier molecular flexibility index (Phi) is 7.13. The highest BCUT2D eigenvalue weighted by molar-refractivity contribution is 7.89. The van der Waals surface area contributed by atoms with Crippen LogP contribution in [0.5, 0.6) is 0 Å². The first kappa shape index (κ1) is 19.6. The molecule has 1 aliphatic rings. The lowest BCUT2D eigenvalue weighted by Gasteiger charge is -2.15. The summed E-state index contributed by atoms with van der Waals surface area (Å²) in [7, 11) is -3.45. The SMILES string of the molecule is CCCC(CCC)=NNC(=O)c1ccc(S(=O)(=O)N2CCCC2)cc1. The van der Waals surface area contributed by atoms with Gasteiger partial charge in [0.25, 0.3) is 5.91 Å². The fraction of sp³-hybridized carbons (Fsp3) is 0.556. The van der Waals surface area contributed by atoms with Crippen molar-refractivity contribution < 1.29 is 13.2 Å². The van der Waals surface area contributed by atoms with Crippen molar-refractivity contribution >= 4 is 21.6 Å². The second kappa shape index (κ2) is 9.10. The topological polar surface area (TPSA) is 78.8 Å². The fourth-order valence-electron chi connectivity index (χ4n) is 2.86. The Morgan fingerprint density at radius 3 is 2.16 bits per heavy atom. The van der Waals surface area contributed by atoms with Gasteiger partial charge in [0, 0.05) is 24.4 Å². The Hall–Kier alpha value is -1.73. The van der Waals surface area contributed by atoms with Crippen molar-refractivity contribution in [3.05, 3.63) is 29.8 Å². The van der Waals surface area contributed by atoms with Gasteiger partial charge in [0.15, 0.2) is 0 Å². The number of hydrogen-bond donors (Lipinski definition) is 1. The van der Waals surface area contributed by atoms with Crippen molar-refractivity contribution in [1.82, 2.24) is 9.73 Å². The number of amides is 1. The summed E-state index contributed by atoms with van der Waals surface area (Å²) in [5, 5.41) is 4.20. The van der Waals surface area contributed by atoms with Crippen LogP contribution in [0.25, 0.3) is 0 Å². The van der Waals surface area contributed by atoms with E-state index < -0.39 is 10.0 Å². The second-order valence-corrected chi connectivity index (χ2v) is 8.19. The van der Waals surface area contributed by atoms with Gasteiger partial charge in [-0.25, -0.2) is 13.8 Å². The van der Waals surface area contributed by atoms with Gasteiger partial charge in [-0.05, 0) is 49.9 Å². The Labute approximate surface area is 150 Å². The summed E-state index contributed by atoms with van der Waals surface area (Å²) in [5.74, 6) is -0.324. The third kappa shape index (κ3) is 5.12. The van der Waals surface area contributed by atoms with Crippen molar-refractivity contribution in [3.8, 4) is 0 Å². The number of rotatable bonds is 8. The van der Waals surface area contributed by atoms with Crippen LogP contribution in [-0.2, 0) is 10.0 Å².